The number of carbonyl (C=O) groups excluding carboxylic acids is 1. The fraction of sp³-hybridized carbons (Fsp3) is 0.250. The molecule has 0 bridgehead atoms. The van der Waals surface area contributed by atoms with E-state index in [1.807, 2.05) is 37.3 Å². The van der Waals surface area contributed by atoms with E-state index in [9.17, 15) is 4.79 Å². The second-order valence-electron chi connectivity index (χ2n) is 4.58. The molecule has 2 rings (SSSR count). The lowest BCUT2D eigenvalue weighted by Crippen LogP contribution is -2.24. The molecule has 1 aromatic carbocycles. The number of benzene rings is 1. The molecule has 1 atom stereocenters. The molecular weight excluding hydrogens is 332 g/mol. The van der Waals surface area contributed by atoms with E-state index in [-0.39, 0.29) is 5.97 Å². The number of aryl methyl sites for hydroxylation is 1. The first-order valence-electron chi connectivity index (χ1n) is 6.71. The van der Waals surface area contributed by atoms with Crippen LogP contribution in [0.15, 0.2) is 47.2 Å². The predicted molar refractivity (Wildman–Crippen MR) is 86.1 cm³/mol. The zero-order valence-electron chi connectivity index (χ0n) is 12.0. The van der Waals surface area contributed by atoms with Crippen molar-refractivity contribution in [3.63, 3.8) is 0 Å². The summed E-state index contributed by atoms with van der Waals surface area (Å²) in [6.07, 6.45) is 3.34. The summed E-state index contributed by atoms with van der Waals surface area (Å²) in [5.74, 6) is -0.319. The second kappa shape index (κ2) is 7.22. The average molecular weight is 349 g/mol. The first-order chi connectivity index (χ1) is 10.1. The molecule has 0 fully saturated rings. The van der Waals surface area contributed by atoms with E-state index in [0.717, 1.165) is 21.3 Å². The van der Waals surface area contributed by atoms with Crippen molar-refractivity contribution in [1.82, 2.24) is 4.98 Å². The van der Waals surface area contributed by atoms with Gasteiger partial charge < -0.3 is 10.1 Å². The Morgan fingerprint density at radius 2 is 2.14 bits per heavy atom. The third kappa shape index (κ3) is 4.04. The summed E-state index contributed by atoms with van der Waals surface area (Å²) in [7, 11) is 0. The SMILES string of the molecule is CCOC(=O)C(Nc1ccccc1C)c1cncc(Br)c1. The van der Waals surface area contributed by atoms with Gasteiger partial charge in [0.05, 0.1) is 6.61 Å². The third-order valence-corrected chi connectivity index (χ3v) is 3.46. The number of esters is 1. The number of rotatable bonds is 5. The zero-order valence-corrected chi connectivity index (χ0v) is 13.6. The fourth-order valence-electron chi connectivity index (χ4n) is 1.98. The fourth-order valence-corrected chi connectivity index (χ4v) is 2.36. The molecule has 1 N–H and O–H groups in total. The summed E-state index contributed by atoms with van der Waals surface area (Å²) >= 11 is 3.38. The molecule has 21 heavy (non-hydrogen) atoms. The number of hydrogen-bond acceptors (Lipinski definition) is 4. The molecule has 4 nitrogen and oxygen atoms in total. The number of pyridine rings is 1. The minimum Gasteiger partial charge on any atom is -0.464 e. The monoisotopic (exact) mass is 348 g/mol. The van der Waals surface area contributed by atoms with Gasteiger partial charge in [-0.15, -0.1) is 0 Å². The Hall–Kier alpha value is -1.88. The van der Waals surface area contributed by atoms with E-state index < -0.39 is 6.04 Å². The van der Waals surface area contributed by atoms with Crippen molar-refractivity contribution >= 4 is 27.6 Å². The number of hydrogen-bond donors (Lipinski definition) is 1. The Balaban J connectivity index is 2.33. The number of para-hydroxylation sites is 1. The molecule has 110 valence electrons. The summed E-state index contributed by atoms with van der Waals surface area (Å²) in [5, 5.41) is 3.24. The van der Waals surface area contributed by atoms with Crippen LogP contribution in [0.2, 0.25) is 0 Å². The molecule has 1 aromatic heterocycles. The van der Waals surface area contributed by atoms with Crippen molar-refractivity contribution in [1.29, 1.82) is 0 Å². The predicted octanol–water partition coefficient (Wildman–Crippen LogP) is 3.87. The van der Waals surface area contributed by atoms with Gasteiger partial charge in [-0.05, 0) is 47.5 Å². The lowest BCUT2D eigenvalue weighted by atomic mass is 10.1. The molecular formula is C16H17BrN2O2. The van der Waals surface area contributed by atoms with Crippen LogP contribution >= 0.6 is 15.9 Å². The van der Waals surface area contributed by atoms with Crippen molar-refractivity contribution < 1.29 is 9.53 Å². The Morgan fingerprint density at radius 1 is 1.38 bits per heavy atom. The Labute approximate surface area is 132 Å². The van der Waals surface area contributed by atoms with Gasteiger partial charge in [-0.1, -0.05) is 18.2 Å². The summed E-state index contributed by atoms with van der Waals surface area (Å²) < 4.78 is 5.99. The molecule has 0 saturated carbocycles. The van der Waals surface area contributed by atoms with Crippen LogP contribution in [-0.4, -0.2) is 17.6 Å². The number of nitrogens with one attached hydrogen (secondary N) is 1. The Morgan fingerprint density at radius 3 is 2.81 bits per heavy atom. The van der Waals surface area contributed by atoms with Crippen molar-refractivity contribution in [3.8, 4) is 0 Å². The van der Waals surface area contributed by atoms with Gasteiger partial charge in [0.2, 0.25) is 0 Å². The summed E-state index contributed by atoms with van der Waals surface area (Å²) in [4.78, 5) is 16.4. The van der Waals surface area contributed by atoms with Crippen LogP contribution in [0.4, 0.5) is 5.69 Å². The highest BCUT2D eigenvalue weighted by atomic mass is 79.9. The molecule has 0 radical (unpaired) electrons. The van der Waals surface area contributed by atoms with Gasteiger partial charge in [-0.25, -0.2) is 4.79 Å². The number of ether oxygens (including phenoxy) is 1. The van der Waals surface area contributed by atoms with Gasteiger partial charge >= 0.3 is 5.97 Å². The average Bonchev–Trinajstić information content (AvgIpc) is 2.46. The highest BCUT2D eigenvalue weighted by molar-refractivity contribution is 9.10. The molecule has 0 amide bonds. The van der Waals surface area contributed by atoms with Crippen molar-refractivity contribution in [2.45, 2.75) is 19.9 Å². The maximum absolute atomic E-state index is 12.2. The molecule has 5 heteroatoms. The van der Waals surface area contributed by atoms with Gasteiger partial charge in [0.15, 0.2) is 6.04 Å². The number of aromatic nitrogens is 1. The number of carbonyl (C=O) groups is 1. The molecule has 0 aliphatic heterocycles. The minimum atomic E-state index is -0.587. The van der Waals surface area contributed by atoms with E-state index in [4.69, 9.17) is 4.74 Å². The maximum atomic E-state index is 12.2. The number of anilines is 1. The van der Waals surface area contributed by atoms with E-state index in [1.165, 1.54) is 0 Å². The van der Waals surface area contributed by atoms with Crippen LogP contribution < -0.4 is 5.32 Å². The molecule has 1 heterocycles. The second-order valence-corrected chi connectivity index (χ2v) is 5.50. The van der Waals surface area contributed by atoms with Gasteiger partial charge in [0.25, 0.3) is 0 Å². The first-order valence-corrected chi connectivity index (χ1v) is 7.50. The van der Waals surface area contributed by atoms with E-state index in [2.05, 4.69) is 26.2 Å². The standard InChI is InChI=1S/C16H17BrN2O2/c1-3-21-16(20)15(12-8-13(17)10-18-9-12)19-14-7-5-4-6-11(14)2/h4-10,15,19H,3H2,1-2H3. The highest BCUT2D eigenvalue weighted by Gasteiger charge is 2.23. The number of halogens is 1. The van der Waals surface area contributed by atoms with Gasteiger partial charge in [0.1, 0.15) is 0 Å². The summed E-state index contributed by atoms with van der Waals surface area (Å²) in [6, 6.07) is 9.09. The molecule has 0 aliphatic carbocycles. The van der Waals surface area contributed by atoms with Crippen LogP contribution in [0.1, 0.15) is 24.1 Å². The van der Waals surface area contributed by atoms with E-state index >= 15 is 0 Å². The lowest BCUT2D eigenvalue weighted by molar-refractivity contribution is -0.144. The van der Waals surface area contributed by atoms with Crippen LogP contribution in [0.3, 0.4) is 0 Å². The summed E-state index contributed by atoms with van der Waals surface area (Å²) in [6.45, 7) is 4.12. The van der Waals surface area contributed by atoms with Crippen LogP contribution in [0.5, 0.6) is 0 Å². The maximum Gasteiger partial charge on any atom is 0.333 e. The Kier molecular flexibility index (Phi) is 5.33. The topological polar surface area (TPSA) is 51.2 Å². The van der Waals surface area contributed by atoms with Gasteiger partial charge in [-0.2, -0.15) is 0 Å². The van der Waals surface area contributed by atoms with Crippen molar-refractivity contribution in [2.75, 3.05) is 11.9 Å². The van der Waals surface area contributed by atoms with Crippen molar-refractivity contribution in [3.05, 3.63) is 58.3 Å². The van der Waals surface area contributed by atoms with Crippen LogP contribution in [-0.2, 0) is 9.53 Å². The Bertz CT molecular complexity index is 631. The molecule has 0 spiro atoms. The minimum absolute atomic E-state index is 0.319. The van der Waals surface area contributed by atoms with E-state index in [1.54, 1.807) is 19.3 Å². The van der Waals surface area contributed by atoms with E-state index in [0.29, 0.717) is 6.61 Å². The summed E-state index contributed by atoms with van der Waals surface area (Å²) in [5.41, 5.74) is 2.72. The first kappa shape index (κ1) is 15.5. The molecule has 0 aliphatic rings. The largest absolute Gasteiger partial charge is 0.464 e. The highest BCUT2D eigenvalue weighted by Crippen LogP contribution is 2.24. The lowest BCUT2D eigenvalue weighted by Gasteiger charge is -2.20. The van der Waals surface area contributed by atoms with Crippen molar-refractivity contribution in [2.24, 2.45) is 0 Å². The zero-order chi connectivity index (χ0) is 15.2. The normalized spacial score (nSPS) is 11.8. The third-order valence-electron chi connectivity index (χ3n) is 3.03. The van der Waals surface area contributed by atoms with Gasteiger partial charge in [-0.3, -0.25) is 4.98 Å². The molecule has 0 saturated heterocycles. The molecule has 2 aromatic rings. The van der Waals surface area contributed by atoms with Gasteiger partial charge in [0, 0.05) is 28.1 Å². The smallest absolute Gasteiger partial charge is 0.333 e. The van der Waals surface area contributed by atoms with Crippen LogP contribution in [0, 0.1) is 6.92 Å². The number of nitrogens with zero attached hydrogens (tertiary/aromatic N) is 1. The van der Waals surface area contributed by atoms with Crippen LogP contribution in [0.25, 0.3) is 0 Å². The molecule has 1 unspecified atom stereocenters. The quantitative estimate of drug-likeness (QED) is 0.833.